The topological polar surface area (TPSA) is 46.4 Å². The Hall–Kier alpha value is -3.66. The fraction of sp³-hybridized carbons (Fsp3) is 0.120. The van der Waals surface area contributed by atoms with E-state index in [2.05, 4.69) is 59.5 Å². The standard InChI is InChI=1S/C25H20N2O2/c28-27(29)24-12-6-4-10-22(24)17-26-23-11-5-3-9-20(23)16-25(26)21-14-13-18-7-1-2-8-19(18)15-21/h1-15,25H,16-17H2/t25-/m0/s1. The van der Waals surface area contributed by atoms with Gasteiger partial charge in [-0.1, -0.05) is 72.8 Å². The highest BCUT2D eigenvalue weighted by molar-refractivity contribution is 5.83. The quantitative estimate of drug-likeness (QED) is 0.320. The Labute approximate surface area is 169 Å². The summed E-state index contributed by atoms with van der Waals surface area (Å²) in [5.74, 6) is 0. The molecule has 0 saturated heterocycles. The highest BCUT2D eigenvalue weighted by Gasteiger charge is 2.31. The smallest absolute Gasteiger partial charge is 0.274 e. The number of nitro groups is 1. The molecule has 5 rings (SSSR count). The zero-order valence-electron chi connectivity index (χ0n) is 15.9. The van der Waals surface area contributed by atoms with Gasteiger partial charge in [0.1, 0.15) is 0 Å². The molecule has 0 fully saturated rings. The van der Waals surface area contributed by atoms with E-state index >= 15 is 0 Å². The third-order valence-electron chi connectivity index (χ3n) is 5.78. The van der Waals surface area contributed by atoms with E-state index < -0.39 is 0 Å². The molecule has 29 heavy (non-hydrogen) atoms. The predicted octanol–water partition coefficient (Wildman–Crippen LogP) is 6.05. The second-order valence-corrected chi connectivity index (χ2v) is 7.47. The summed E-state index contributed by atoms with van der Waals surface area (Å²) in [6.07, 6.45) is 0.898. The van der Waals surface area contributed by atoms with Crippen LogP contribution in [0.15, 0.2) is 91.0 Å². The SMILES string of the molecule is O=[N+]([O-])c1ccccc1CN1c2ccccc2C[C@H]1c1ccc2ccccc2c1. The summed E-state index contributed by atoms with van der Waals surface area (Å²) in [6, 6.07) is 30.5. The number of hydrogen-bond acceptors (Lipinski definition) is 3. The maximum Gasteiger partial charge on any atom is 0.274 e. The molecule has 1 heterocycles. The summed E-state index contributed by atoms with van der Waals surface area (Å²) < 4.78 is 0. The number of nitro benzene ring substituents is 1. The Morgan fingerprint density at radius 2 is 1.59 bits per heavy atom. The average molecular weight is 380 g/mol. The fourth-order valence-electron chi connectivity index (χ4n) is 4.36. The second kappa shape index (κ2) is 7.06. The van der Waals surface area contributed by atoms with Crippen molar-refractivity contribution >= 4 is 22.1 Å². The molecule has 1 aliphatic rings. The van der Waals surface area contributed by atoms with Crippen LogP contribution >= 0.6 is 0 Å². The minimum Gasteiger partial charge on any atom is -0.359 e. The van der Waals surface area contributed by atoms with Gasteiger partial charge in [0.25, 0.3) is 5.69 Å². The van der Waals surface area contributed by atoms with Crippen molar-refractivity contribution in [3.63, 3.8) is 0 Å². The zero-order chi connectivity index (χ0) is 19.8. The molecule has 142 valence electrons. The van der Waals surface area contributed by atoms with Crippen molar-refractivity contribution in [2.45, 2.75) is 19.0 Å². The van der Waals surface area contributed by atoms with Crippen molar-refractivity contribution in [3.05, 3.63) is 118 Å². The van der Waals surface area contributed by atoms with Gasteiger partial charge in [0.2, 0.25) is 0 Å². The Kier molecular flexibility index (Phi) is 4.24. The maximum absolute atomic E-state index is 11.5. The second-order valence-electron chi connectivity index (χ2n) is 7.47. The molecule has 4 heteroatoms. The minimum atomic E-state index is -0.289. The van der Waals surface area contributed by atoms with Gasteiger partial charge in [-0.25, -0.2) is 0 Å². The fourth-order valence-corrected chi connectivity index (χ4v) is 4.36. The van der Waals surface area contributed by atoms with Crippen LogP contribution in [0.5, 0.6) is 0 Å². The van der Waals surface area contributed by atoms with E-state index in [0.29, 0.717) is 6.54 Å². The van der Waals surface area contributed by atoms with Gasteiger partial charge in [0.05, 0.1) is 17.5 Å². The highest BCUT2D eigenvalue weighted by Crippen LogP contribution is 2.42. The van der Waals surface area contributed by atoms with Crippen LogP contribution in [0, 0.1) is 10.1 Å². The molecule has 4 nitrogen and oxygen atoms in total. The lowest BCUT2D eigenvalue weighted by Crippen LogP contribution is -2.25. The minimum absolute atomic E-state index is 0.150. The lowest BCUT2D eigenvalue weighted by Gasteiger charge is -2.28. The lowest BCUT2D eigenvalue weighted by molar-refractivity contribution is -0.385. The van der Waals surface area contributed by atoms with Crippen molar-refractivity contribution in [1.29, 1.82) is 0 Å². The summed E-state index contributed by atoms with van der Waals surface area (Å²) >= 11 is 0. The van der Waals surface area contributed by atoms with Crippen molar-refractivity contribution in [2.75, 3.05) is 4.90 Å². The Morgan fingerprint density at radius 1 is 0.862 bits per heavy atom. The normalized spacial score (nSPS) is 15.4. The van der Waals surface area contributed by atoms with Gasteiger partial charge in [0.15, 0.2) is 0 Å². The lowest BCUT2D eigenvalue weighted by atomic mass is 9.98. The van der Waals surface area contributed by atoms with Crippen LogP contribution in [-0.4, -0.2) is 4.92 Å². The van der Waals surface area contributed by atoms with Crippen molar-refractivity contribution in [3.8, 4) is 0 Å². The number of rotatable bonds is 4. The van der Waals surface area contributed by atoms with Crippen LogP contribution in [0.3, 0.4) is 0 Å². The van der Waals surface area contributed by atoms with Gasteiger partial charge in [-0.3, -0.25) is 10.1 Å². The van der Waals surface area contributed by atoms with Crippen molar-refractivity contribution in [1.82, 2.24) is 0 Å². The monoisotopic (exact) mass is 380 g/mol. The highest BCUT2D eigenvalue weighted by atomic mass is 16.6. The molecule has 0 amide bonds. The molecular formula is C25H20N2O2. The Bertz CT molecular complexity index is 1220. The largest absolute Gasteiger partial charge is 0.359 e. The molecule has 0 unspecified atom stereocenters. The van der Waals surface area contributed by atoms with E-state index in [-0.39, 0.29) is 16.7 Å². The summed E-state index contributed by atoms with van der Waals surface area (Å²) in [6.45, 7) is 0.506. The molecule has 4 aromatic carbocycles. The first-order valence-electron chi connectivity index (χ1n) is 9.76. The first-order valence-corrected chi connectivity index (χ1v) is 9.76. The van der Waals surface area contributed by atoms with Crippen LogP contribution in [0.2, 0.25) is 0 Å². The van der Waals surface area contributed by atoms with Gasteiger partial charge in [-0.05, 0) is 40.5 Å². The summed E-state index contributed by atoms with van der Waals surface area (Å²) in [5, 5.41) is 14.0. The summed E-state index contributed by atoms with van der Waals surface area (Å²) in [4.78, 5) is 13.5. The first kappa shape index (κ1) is 17.4. The van der Waals surface area contributed by atoms with Gasteiger partial charge in [0, 0.05) is 17.3 Å². The number of hydrogen-bond donors (Lipinski definition) is 0. The zero-order valence-corrected chi connectivity index (χ0v) is 15.9. The molecule has 0 aromatic heterocycles. The van der Waals surface area contributed by atoms with Crippen molar-refractivity contribution < 1.29 is 4.92 Å². The molecular weight excluding hydrogens is 360 g/mol. The predicted molar refractivity (Wildman–Crippen MR) is 116 cm³/mol. The van der Waals surface area contributed by atoms with Gasteiger partial charge in [-0.15, -0.1) is 0 Å². The Morgan fingerprint density at radius 3 is 2.45 bits per heavy atom. The molecule has 1 aliphatic heterocycles. The van der Waals surface area contributed by atoms with Crippen LogP contribution in [-0.2, 0) is 13.0 Å². The molecule has 0 aliphatic carbocycles. The molecule has 0 radical (unpaired) electrons. The average Bonchev–Trinajstić information content (AvgIpc) is 3.12. The molecule has 0 bridgehead atoms. The van der Waals surface area contributed by atoms with Gasteiger partial charge < -0.3 is 4.90 Å². The third kappa shape index (κ3) is 3.13. The van der Waals surface area contributed by atoms with E-state index in [0.717, 1.165) is 17.7 Å². The molecule has 0 N–H and O–H groups in total. The Balaban J connectivity index is 1.58. The van der Waals surface area contributed by atoms with E-state index in [1.54, 1.807) is 12.1 Å². The van der Waals surface area contributed by atoms with E-state index in [9.17, 15) is 10.1 Å². The van der Waals surface area contributed by atoms with Crippen LogP contribution in [0.1, 0.15) is 22.7 Å². The van der Waals surface area contributed by atoms with Gasteiger partial charge >= 0.3 is 0 Å². The van der Waals surface area contributed by atoms with Gasteiger partial charge in [-0.2, -0.15) is 0 Å². The number of fused-ring (bicyclic) bond motifs is 2. The number of benzene rings is 4. The molecule has 0 spiro atoms. The molecule has 4 aromatic rings. The summed E-state index contributed by atoms with van der Waals surface area (Å²) in [5.41, 5.74) is 4.58. The first-order chi connectivity index (χ1) is 14.2. The molecule has 1 atom stereocenters. The van der Waals surface area contributed by atoms with Crippen LogP contribution in [0.25, 0.3) is 10.8 Å². The van der Waals surface area contributed by atoms with E-state index in [4.69, 9.17) is 0 Å². The van der Waals surface area contributed by atoms with Crippen molar-refractivity contribution in [2.24, 2.45) is 0 Å². The molecule has 0 saturated carbocycles. The van der Waals surface area contributed by atoms with Crippen LogP contribution in [0.4, 0.5) is 11.4 Å². The van der Waals surface area contributed by atoms with Crippen LogP contribution < -0.4 is 4.90 Å². The number of para-hydroxylation sites is 2. The van der Waals surface area contributed by atoms with E-state index in [1.165, 1.54) is 21.9 Å². The summed E-state index contributed by atoms with van der Waals surface area (Å²) in [7, 11) is 0. The number of nitrogens with zero attached hydrogens (tertiary/aromatic N) is 2. The van der Waals surface area contributed by atoms with E-state index in [1.807, 2.05) is 24.3 Å². The third-order valence-corrected chi connectivity index (χ3v) is 5.78. The number of anilines is 1. The maximum atomic E-state index is 11.5.